The number of nitrogens with two attached hydrogens (primary N) is 1. The first kappa shape index (κ1) is 16.2. The number of rotatable bonds is 5. The molecule has 0 aliphatic carbocycles. The maximum atomic E-state index is 11.8. The first-order valence-corrected chi connectivity index (χ1v) is 6.90. The van der Waals surface area contributed by atoms with Gasteiger partial charge in [-0.1, -0.05) is 12.1 Å². The van der Waals surface area contributed by atoms with Gasteiger partial charge in [0.2, 0.25) is 0 Å². The van der Waals surface area contributed by atoms with Gasteiger partial charge in [0.05, 0.1) is 5.56 Å². The van der Waals surface area contributed by atoms with Crippen molar-refractivity contribution in [2.24, 2.45) is 0 Å². The number of para-hydroxylation sites is 1. The van der Waals surface area contributed by atoms with Crippen molar-refractivity contribution < 1.29 is 19.1 Å². The van der Waals surface area contributed by atoms with E-state index in [2.05, 4.69) is 5.32 Å². The number of carbonyl (C=O) groups excluding carboxylic acids is 3. The Bertz CT molecular complexity index is 739. The van der Waals surface area contributed by atoms with Gasteiger partial charge in [0.1, 0.15) is 0 Å². The molecule has 0 fully saturated rings. The van der Waals surface area contributed by atoms with Crippen molar-refractivity contribution in [2.75, 3.05) is 17.7 Å². The van der Waals surface area contributed by atoms with Crippen LogP contribution in [0, 0.1) is 0 Å². The molecule has 6 heteroatoms. The fourth-order valence-corrected chi connectivity index (χ4v) is 1.88. The van der Waals surface area contributed by atoms with Crippen LogP contribution < -0.4 is 11.1 Å². The number of anilines is 2. The second-order valence-corrected chi connectivity index (χ2v) is 4.85. The molecule has 0 aromatic heterocycles. The van der Waals surface area contributed by atoms with Crippen LogP contribution in [0.3, 0.4) is 0 Å². The molecule has 0 unspecified atom stereocenters. The Labute approximate surface area is 133 Å². The predicted molar refractivity (Wildman–Crippen MR) is 86.2 cm³/mol. The molecule has 0 spiro atoms. The topological polar surface area (TPSA) is 98.5 Å². The third-order valence-electron chi connectivity index (χ3n) is 3.09. The van der Waals surface area contributed by atoms with Crippen molar-refractivity contribution in [1.82, 2.24) is 0 Å². The van der Waals surface area contributed by atoms with E-state index < -0.39 is 18.5 Å². The lowest BCUT2D eigenvalue weighted by atomic mass is 10.1. The average molecular weight is 312 g/mol. The molecule has 23 heavy (non-hydrogen) atoms. The summed E-state index contributed by atoms with van der Waals surface area (Å²) in [6.07, 6.45) is 0. The minimum atomic E-state index is -0.662. The average Bonchev–Trinajstić information content (AvgIpc) is 2.53. The van der Waals surface area contributed by atoms with Crippen LogP contribution >= 0.6 is 0 Å². The molecular weight excluding hydrogens is 296 g/mol. The van der Waals surface area contributed by atoms with Gasteiger partial charge in [0.15, 0.2) is 12.4 Å². The zero-order valence-electron chi connectivity index (χ0n) is 12.5. The van der Waals surface area contributed by atoms with Gasteiger partial charge in [-0.2, -0.15) is 0 Å². The fraction of sp³-hybridized carbons (Fsp3) is 0.118. The summed E-state index contributed by atoms with van der Waals surface area (Å²) in [5, 5.41) is 2.57. The van der Waals surface area contributed by atoms with E-state index in [4.69, 9.17) is 10.5 Å². The number of nitrogen functional groups attached to an aromatic ring is 1. The van der Waals surface area contributed by atoms with Crippen LogP contribution in [0.5, 0.6) is 0 Å². The Kier molecular flexibility index (Phi) is 5.09. The summed E-state index contributed by atoms with van der Waals surface area (Å²) in [5.74, 6) is -1.20. The molecule has 6 nitrogen and oxygen atoms in total. The lowest BCUT2D eigenvalue weighted by Gasteiger charge is -2.08. The number of hydrogen-bond acceptors (Lipinski definition) is 5. The van der Waals surface area contributed by atoms with Crippen LogP contribution in [0.2, 0.25) is 0 Å². The third-order valence-corrected chi connectivity index (χ3v) is 3.09. The molecule has 2 aromatic carbocycles. The number of ether oxygens (including phenoxy) is 1. The van der Waals surface area contributed by atoms with Crippen LogP contribution in [-0.2, 0) is 9.53 Å². The van der Waals surface area contributed by atoms with Crippen molar-refractivity contribution in [3.05, 3.63) is 59.7 Å². The van der Waals surface area contributed by atoms with Crippen molar-refractivity contribution in [1.29, 1.82) is 0 Å². The zero-order valence-corrected chi connectivity index (χ0v) is 12.5. The quantitative estimate of drug-likeness (QED) is 0.501. The number of nitrogens with one attached hydrogen (secondary N) is 1. The molecule has 0 radical (unpaired) electrons. The number of ketones is 1. The highest BCUT2D eigenvalue weighted by Gasteiger charge is 2.12. The first-order chi connectivity index (χ1) is 11.0. The monoisotopic (exact) mass is 312 g/mol. The van der Waals surface area contributed by atoms with Gasteiger partial charge < -0.3 is 15.8 Å². The number of hydrogen-bond donors (Lipinski definition) is 2. The summed E-state index contributed by atoms with van der Waals surface area (Å²) in [7, 11) is 0. The lowest BCUT2D eigenvalue weighted by Crippen LogP contribution is -2.21. The Morgan fingerprint density at radius 2 is 1.70 bits per heavy atom. The van der Waals surface area contributed by atoms with Crippen molar-refractivity contribution >= 4 is 29.0 Å². The smallest absolute Gasteiger partial charge is 0.340 e. The van der Waals surface area contributed by atoms with Gasteiger partial charge in [-0.05, 0) is 43.3 Å². The second-order valence-electron chi connectivity index (χ2n) is 4.85. The number of benzene rings is 2. The molecular formula is C17H16N2O4. The van der Waals surface area contributed by atoms with E-state index in [-0.39, 0.29) is 17.0 Å². The molecule has 0 atom stereocenters. The summed E-state index contributed by atoms with van der Waals surface area (Å²) in [4.78, 5) is 34.8. The molecule has 0 saturated carbocycles. The van der Waals surface area contributed by atoms with E-state index in [1.165, 1.54) is 13.0 Å². The number of amides is 1. The van der Waals surface area contributed by atoms with Crippen LogP contribution in [0.4, 0.5) is 11.4 Å². The Balaban J connectivity index is 1.89. The normalized spacial score (nSPS) is 9.96. The molecule has 0 bridgehead atoms. The highest BCUT2D eigenvalue weighted by atomic mass is 16.5. The van der Waals surface area contributed by atoms with E-state index >= 15 is 0 Å². The summed E-state index contributed by atoms with van der Waals surface area (Å²) in [6.45, 7) is 1.03. The van der Waals surface area contributed by atoms with E-state index in [1.54, 1.807) is 42.5 Å². The molecule has 3 N–H and O–H groups in total. The van der Waals surface area contributed by atoms with Crippen LogP contribution in [-0.4, -0.2) is 24.3 Å². The summed E-state index contributed by atoms with van der Waals surface area (Å²) in [5.41, 5.74) is 7.22. The van der Waals surface area contributed by atoms with Gasteiger partial charge in [0, 0.05) is 16.9 Å². The summed E-state index contributed by atoms with van der Waals surface area (Å²) < 4.78 is 4.92. The standard InChI is InChI=1S/C17H16N2O4/c1-11(20)12-6-8-13(9-7-12)19-16(21)10-23-17(22)14-4-2-3-5-15(14)18/h2-9H,10,18H2,1H3,(H,19,21). The van der Waals surface area contributed by atoms with E-state index in [0.29, 0.717) is 11.3 Å². The number of carbonyl (C=O) groups is 3. The Morgan fingerprint density at radius 3 is 2.30 bits per heavy atom. The summed E-state index contributed by atoms with van der Waals surface area (Å²) >= 11 is 0. The molecule has 2 rings (SSSR count). The van der Waals surface area contributed by atoms with Gasteiger partial charge in [-0.3, -0.25) is 9.59 Å². The van der Waals surface area contributed by atoms with Gasteiger partial charge in [-0.15, -0.1) is 0 Å². The molecule has 0 aliphatic rings. The van der Waals surface area contributed by atoms with Crippen molar-refractivity contribution in [2.45, 2.75) is 6.92 Å². The van der Waals surface area contributed by atoms with E-state index in [0.717, 1.165) is 0 Å². The van der Waals surface area contributed by atoms with E-state index in [1.807, 2.05) is 0 Å². The van der Waals surface area contributed by atoms with Crippen LogP contribution in [0.1, 0.15) is 27.6 Å². The predicted octanol–water partition coefficient (Wildman–Crippen LogP) is 2.27. The molecule has 118 valence electrons. The van der Waals surface area contributed by atoms with Crippen LogP contribution in [0.25, 0.3) is 0 Å². The van der Waals surface area contributed by atoms with Gasteiger partial charge in [-0.25, -0.2) is 4.79 Å². The highest BCUT2D eigenvalue weighted by Crippen LogP contribution is 2.12. The minimum Gasteiger partial charge on any atom is -0.452 e. The Morgan fingerprint density at radius 1 is 1.04 bits per heavy atom. The second kappa shape index (κ2) is 7.22. The van der Waals surface area contributed by atoms with Crippen molar-refractivity contribution in [3.8, 4) is 0 Å². The Hall–Kier alpha value is -3.15. The zero-order chi connectivity index (χ0) is 16.8. The molecule has 2 aromatic rings. The number of esters is 1. The fourth-order valence-electron chi connectivity index (χ4n) is 1.88. The lowest BCUT2D eigenvalue weighted by molar-refractivity contribution is -0.119. The first-order valence-electron chi connectivity index (χ1n) is 6.90. The van der Waals surface area contributed by atoms with Crippen LogP contribution in [0.15, 0.2) is 48.5 Å². The molecule has 1 amide bonds. The minimum absolute atomic E-state index is 0.0581. The van der Waals surface area contributed by atoms with E-state index in [9.17, 15) is 14.4 Å². The third kappa shape index (κ3) is 4.41. The highest BCUT2D eigenvalue weighted by molar-refractivity contribution is 5.98. The maximum absolute atomic E-state index is 11.8. The summed E-state index contributed by atoms with van der Waals surface area (Å²) in [6, 6.07) is 12.9. The largest absolute Gasteiger partial charge is 0.452 e. The molecule has 0 saturated heterocycles. The molecule has 0 heterocycles. The SMILES string of the molecule is CC(=O)c1ccc(NC(=O)COC(=O)c2ccccc2N)cc1. The van der Waals surface area contributed by atoms with Gasteiger partial charge >= 0.3 is 5.97 Å². The molecule has 0 aliphatic heterocycles. The van der Waals surface area contributed by atoms with Gasteiger partial charge in [0.25, 0.3) is 5.91 Å². The maximum Gasteiger partial charge on any atom is 0.340 e. The number of Topliss-reactive ketones (excluding diaryl/α,β-unsaturated/α-hetero) is 1. The van der Waals surface area contributed by atoms with Crippen molar-refractivity contribution in [3.63, 3.8) is 0 Å².